The molecule has 36 heavy (non-hydrogen) atoms. The maximum atomic E-state index is 13.6. The molecule has 182 valence electrons. The number of nitrogens with zero attached hydrogens (tertiary/aromatic N) is 2. The van der Waals surface area contributed by atoms with Crippen LogP contribution in [0.3, 0.4) is 0 Å². The summed E-state index contributed by atoms with van der Waals surface area (Å²) in [5, 5.41) is 0.999. The molecular weight excluding hydrogens is 459 g/mol. The van der Waals surface area contributed by atoms with Crippen LogP contribution < -0.4 is 14.2 Å². The van der Waals surface area contributed by atoms with Crippen LogP contribution in [0.15, 0.2) is 78.9 Å². The monoisotopic (exact) mass is 484 g/mol. The molecule has 1 saturated heterocycles. The summed E-state index contributed by atoms with van der Waals surface area (Å²) in [5.41, 5.74) is 2.28. The van der Waals surface area contributed by atoms with Crippen molar-refractivity contribution in [3.63, 3.8) is 0 Å². The van der Waals surface area contributed by atoms with Crippen LogP contribution in [0.2, 0.25) is 0 Å². The number of halogens is 1. The zero-order valence-corrected chi connectivity index (χ0v) is 19.6. The van der Waals surface area contributed by atoms with Crippen molar-refractivity contribution in [1.29, 1.82) is 0 Å². The Morgan fingerprint density at radius 1 is 1.00 bits per heavy atom. The summed E-state index contributed by atoms with van der Waals surface area (Å²) in [4.78, 5) is 19.9. The molecule has 7 heteroatoms. The molecule has 0 bridgehead atoms. The lowest BCUT2D eigenvalue weighted by Gasteiger charge is -2.38. The standard InChI is InChI=1S/C29H25FN2O4/c30-22-8-5-19(6-9-22)24-13-14-32(29(33)26-11-7-20-3-1-2-4-25(20)31-26)16-21(24)17-34-23-10-12-27-28(15-23)36-18-35-27/h1-12,15,21,24H,13-14,16-18H2. The molecule has 0 N–H and O–H groups in total. The fourth-order valence-corrected chi connectivity index (χ4v) is 5.05. The molecule has 2 aliphatic heterocycles. The van der Waals surface area contributed by atoms with Crippen molar-refractivity contribution in [2.24, 2.45) is 5.92 Å². The number of hydrogen-bond donors (Lipinski definition) is 0. The molecule has 1 aromatic heterocycles. The van der Waals surface area contributed by atoms with Gasteiger partial charge in [-0.2, -0.15) is 0 Å². The Morgan fingerprint density at radius 3 is 2.72 bits per heavy atom. The van der Waals surface area contributed by atoms with Gasteiger partial charge in [0, 0.05) is 30.5 Å². The van der Waals surface area contributed by atoms with Crippen LogP contribution in [0.1, 0.15) is 28.4 Å². The van der Waals surface area contributed by atoms with Gasteiger partial charge in [0.25, 0.3) is 5.91 Å². The molecule has 0 aliphatic carbocycles. The Bertz CT molecular complexity index is 1410. The molecule has 6 nitrogen and oxygen atoms in total. The fraction of sp³-hybridized carbons (Fsp3) is 0.241. The lowest BCUT2D eigenvalue weighted by atomic mass is 9.80. The van der Waals surface area contributed by atoms with E-state index in [4.69, 9.17) is 14.2 Å². The third kappa shape index (κ3) is 4.44. The molecular formula is C29H25FN2O4. The molecule has 3 aromatic carbocycles. The van der Waals surface area contributed by atoms with Crippen molar-refractivity contribution in [2.75, 3.05) is 26.5 Å². The average Bonchev–Trinajstić information content (AvgIpc) is 3.40. The molecule has 6 rings (SSSR count). The van der Waals surface area contributed by atoms with Gasteiger partial charge < -0.3 is 19.1 Å². The van der Waals surface area contributed by atoms with Crippen LogP contribution in [0.25, 0.3) is 10.9 Å². The van der Waals surface area contributed by atoms with E-state index in [0.717, 1.165) is 22.9 Å². The molecule has 1 fully saturated rings. The van der Waals surface area contributed by atoms with Crippen LogP contribution in [0.4, 0.5) is 4.39 Å². The normalized spacial score (nSPS) is 18.9. The number of hydrogen-bond acceptors (Lipinski definition) is 5. The Labute approximate surface area is 208 Å². The summed E-state index contributed by atoms with van der Waals surface area (Å²) < 4.78 is 30.6. The van der Waals surface area contributed by atoms with E-state index in [1.54, 1.807) is 6.07 Å². The predicted octanol–water partition coefficient (Wildman–Crippen LogP) is 5.43. The smallest absolute Gasteiger partial charge is 0.272 e. The zero-order chi connectivity index (χ0) is 24.5. The number of rotatable bonds is 5. The molecule has 3 heterocycles. The van der Waals surface area contributed by atoms with Gasteiger partial charge in [0.15, 0.2) is 11.5 Å². The lowest BCUT2D eigenvalue weighted by molar-refractivity contribution is 0.0589. The molecule has 0 radical (unpaired) electrons. The van der Waals surface area contributed by atoms with Gasteiger partial charge in [0.05, 0.1) is 12.1 Å². The number of para-hydroxylation sites is 1. The van der Waals surface area contributed by atoms with E-state index in [1.165, 1.54) is 12.1 Å². The first kappa shape index (κ1) is 22.3. The minimum absolute atomic E-state index is 0.0130. The Kier molecular flexibility index (Phi) is 5.89. The van der Waals surface area contributed by atoms with Crippen LogP contribution in [0, 0.1) is 11.7 Å². The maximum absolute atomic E-state index is 13.6. The highest BCUT2D eigenvalue weighted by Gasteiger charge is 2.34. The van der Waals surface area contributed by atoms with Crippen LogP contribution >= 0.6 is 0 Å². The highest BCUT2D eigenvalue weighted by molar-refractivity contribution is 5.95. The van der Waals surface area contributed by atoms with Crippen LogP contribution in [-0.2, 0) is 0 Å². The Hall–Kier alpha value is -4.13. The summed E-state index contributed by atoms with van der Waals surface area (Å²) in [5.74, 6) is 1.83. The number of likely N-dealkylation sites (tertiary alicyclic amines) is 1. The van der Waals surface area contributed by atoms with Gasteiger partial charge in [-0.1, -0.05) is 36.4 Å². The predicted molar refractivity (Wildman–Crippen MR) is 133 cm³/mol. The Morgan fingerprint density at radius 2 is 1.83 bits per heavy atom. The second kappa shape index (κ2) is 9.49. The summed E-state index contributed by atoms with van der Waals surface area (Å²) in [6, 6.07) is 23.6. The van der Waals surface area contributed by atoms with Crippen molar-refractivity contribution in [1.82, 2.24) is 9.88 Å². The summed E-state index contributed by atoms with van der Waals surface area (Å²) in [6.07, 6.45) is 0.750. The van der Waals surface area contributed by atoms with Gasteiger partial charge in [-0.3, -0.25) is 4.79 Å². The second-order valence-corrected chi connectivity index (χ2v) is 9.17. The summed E-state index contributed by atoms with van der Waals surface area (Å²) in [6.45, 7) is 1.71. The lowest BCUT2D eigenvalue weighted by Crippen LogP contribution is -2.45. The number of benzene rings is 3. The Balaban J connectivity index is 1.23. The van der Waals surface area contributed by atoms with E-state index < -0.39 is 0 Å². The summed E-state index contributed by atoms with van der Waals surface area (Å²) in [7, 11) is 0. The van der Waals surface area contributed by atoms with Gasteiger partial charge in [0.2, 0.25) is 6.79 Å². The van der Waals surface area contributed by atoms with Crippen molar-refractivity contribution in [3.8, 4) is 17.2 Å². The number of carbonyl (C=O) groups excluding carboxylic acids is 1. The second-order valence-electron chi connectivity index (χ2n) is 9.17. The van der Waals surface area contributed by atoms with E-state index in [1.807, 2.05) is 65.6 Å². The SMILES string of the molecule is O=C(c1ccc2ccccc2n1)N1CCC(c2ccc(F)cc2)C(COc2ccc3c(c2)OCO3)C1. The van der Waals surface area contributed by atoms with Crippen molar-refractivity contribution >= 4 is 16.8 Å². The summed E-state index contributed by atoms with van der Waals surface area (Å²) >= 11 is 0. The van der Waals surface area contributed by atoms with Gasteiger partial charge in [0.1, 0.15) is 17.3 Å². The maximum Gasteiger partial charge on any atom is 0.272 e. The molecule has 2 unspecified atom stereocenters. The third-order valence-electron chi connectivity index (χ3n) is 6.94. The first-order valence-electron chi connectivity index (χ1n) is 12.1. The van der Waals surface area contributed by atoms with Crippen LogP contribution in [0.5, 0.6) is 17.2 Å². The molecule has 4 aromatic rings. The number of ether oxygens (including phenoxy) is 3. The number of carbonyl (C=O) groups is 1. The highest BCUT2D eigenvalue weighted by atomic mass is 19.1. The topological polar surface area (TPSA) is 60.9 Å². The van der Waals surface area contributed by atoms with Gasteiger partial charge in [-0.15, -0.1) is 0 Å². The van der Waals surface area contributed by atoms with E-state index >= 15 is 0 Å². The van der Waals surface area contributed by atoms with Crippen molar-refractivity contribution in [3.05, 3.63) is 95.9 Å². The van der Waals surface area contributed by atoms with Gasteiger partial charge >= 0.3 is 0 Å². The van der Waals surface area contributed by atoms with E-state index in [9.17, 15) is 9.18 Å². The molecule has 2 aliphatic rings. The zero-order valence-electron chi connectivity index (χ0n) is 19.6. The number of piperidine rings is 1. The number of amides is 1. The fourth-order valence-electron chi connectivity index (χ4n) is 5.05. The van der Waals surface area contributed by atoms with Crippen LogP contribution in [-0.4, -0.2) is 42.3 Å². The van der Waals surface area contributed by atoms with Crippen molar-refractivity contribution in [2.45, 2.75) is 12.3 Å². The molecule has 2 atom stereocenters. The number of pyridine rings is 1. The number of fused-ring (bicyclic) bond motifs is 2. The van der Waals surface area contributed by atoms with E-state index in [2.05, 4.69) is 4.98 Å². The van der Waals surface area contributed by atoms with Crippen molar-refractivity contribution < 1.29 is 23.4 Å². The first-order valence-corrected chi connectivity index (χ1v) is 12.1. The molecule has 1 amide bonds. The average molecular weight is 485 g/mol. The van der Waals surface area contributed by atoms with Gasteiger partial charge in [-0.05, 0) is 54.3 Å². The quantitative estimate of drug-likeness (QED) is 0.378. The first-order chi connectivity index (χ1) is 17.6. The third-order valence-corrected chi connectivity index (χ3v) is 6.94. The van der Waals surface area contributed by atoms with E-state index in [-0.39, 0.29) is 30.4 Å². The minimum atomic E-state index is -0.262. The largest absolute Gasteiger partial charge is 0.493 e. The van der Waals surface area contributed by atoms with E-state index in [0.29, 0.717) is 42.6 Å². The highest BCUT2D eigenvalue weighted by Crippen LogP contribution is 2.37. The minimum Gasteiger partial charge on any atom is -0.493 e. The number of aromatic nitrogens is 1. The van der Waals surface area contributed by atoms with Gasteiger partial charge in [-0.25, -0.2) is 9.37 Å². The molecule has 0 spiro atoms. The molecule has 0 saturated carbocycles.